The van der Waals surface area contributed by atoms with E-state index in [9.17, 15) is 4.79 Å². The number of thiocarbonyl (C=S) groups is 1. The fourth-order valence-electron chi connectivity index (χ4n) is 3.01. The Morgan fingerprint density at radius 2 is 2.32 bits per heavy atom. The molecule has 0 aromatic carbocycles. The molecule has 0 radical (unpaired) electrons. The molecule has 0 saturated carbocycles. The Morgan fingerprint density at radius 1 is 1.52 bits per heavy atom. The van der Waals surface area contributed by atoms with Gasteiger partial charge in [-0.1, -0.05) is 6.92 Å². The summed E-state index contributed by atoms with van der Waals surface area (Å²) in [6.07, 6.45) is 4.87. The van der Waals surface area contributed by atoms with Crippen molar-refractivity contribution in [2.45, 2.75) is 39.7 Å². The topological polar surface area (TPSA) is 68.2 Å². The van der Waals surface area contributed by atoms with E-state index < -0.39 is 0 Å². The van der Waals surface area contributed by atoms with E-state index in [2.05, 4.69) is 22.7 Å². The summed E-state index contributed by atoms with van der Waals surface area (Å²) in [5.74, 6) is 0.995. The van der Waals surface area contributed by atoms with Crippen molar-refractivity contribution < 1.29 is 9.53 Å². The van der Waals surface area contributed by atoms with E-state index >= 15 is 0 Å². The maximum atomic E-state index is 12.3. The molecular weight excluding hydrogens is 356 g/mol. The number of hydrogen-bond donors (Lipinski definition) is 2. The maximum absolute atomic E-state index is 12.3. The van der Waals surface area contributed by atoms with Crippen LogP contribution in [-0.2, 0) is 24.1 Å². The van der Waals surface area contributed by atoms with Crippen LogP contribution in [0.5, 0.6) is 0 Å². The molecule has 0 saturated heterocycles. The number of rotatable bonds is 4. The smallest absolute Gasteiger partial charge is 0.341 e. The van der Waals surface area contributed by atoms with Crippen molar-refractivity contribution in [3.05, 3.63) is 28.3 Å². The number of aromatic nitrogens is 2. The van der Waals surface area contributed by atoms with Crippen LogP contribution in [-0.4, -0.2) is 28.0 Å². The van der Waals surface area contributed by atoms with Gasteiger partial charge >= 0.3 is 5.97 Å². The Hall–Kier alpha value is -1.93. The zero-order chi connectivity index (χ0) is 18.0. The van der Waals surface area contributed by atoms with Crippen LogP contribution >= 0.6 is 23.6 Å². The highest BCUT2D eigenvalue weighted by Crippen LogP contribution is 2.40. The van der Waals surface area contributed by atoms with Crippen LogP contribution in [0, 0.1) is 5.92 Å². The third-order valence-electron chi connectivity index (χ3n) is 4.33. The van der Waals surface area contributed by atoms with Crippen molar-refractivity contribution in [3.63, 3.8) is 0 Å². The standard InChI is InChI=1S/C17H22N4O2S2/c1-4-21-8-7-13(20-21)18-17(24)19-15-14(16(22)23-3)11-6-5-10(2)9-12(11)25-15/h7-8,10H,4-6,9H2,1-3H3,(H2,18,19,20,24). The van der Waals surface area contributed by atoms with Gasteiger partial charge in [0.05, 0.1) is 12.7 Å². The number of aryl methyl sites for hydroxylation is 1. The summed E-state index contributed by atoms with van der Waals surface area (Å²) in [5.41, 5.74) is 1.73. The van der Waals surface area contributed by atoms with Crippen molar-refractivity contribution in [2.24, 2.45) is 5.92 Å². The summed E-state index contributed by atoms with van der Waals surface area (Å²) in [7, 11) is 1.41. The molecule has 2 aromatic heterocycles. The number of hydrogen-bond acceptors (Lipinski definition) is 5. The SMILES string of the molecule is CCn1ccc(NC(=S)Nc2sc3c(c2C(=O)OC)CCC(C)C3)n1. The molecule has 1 atom stereocenters. The summed E-state index contributed by atoms with van der Waals surface area (Å²) in [6, 6.07) is 1.86. The zero-order valence-electron chi connectivity index (χ0n) is 14.6. The zero-order valence-corrected chi connectivity index (χ0v) is 16.2. The highest BCUT2D eigenvalue weighted by Gasteiger charge is 2.28. The second-order valence-corrected chi connectivity index (χ2v) is 7.70. The van der Waals surface area contributed by atoms with Crippen LogP contribution in [0.25, 0.3) is 0 Å². The minimum Gasteiger partial charge on any atom is -0.465 e. The van der Waals surface area contributed by atoms with Gasteiger partial charge in [0.1, 0.15) is 5.00 Å². The van der Waals surface area contributed by atoms with Gasteiger partial charge in [-0.3, -0.25) is 4.68 Å². The molecule has 25 heavy (non-hydrogen) atoms. The number of ether oxygens (including phenoxy) is 1. The molecular formula is C17H22N4O2S2. The number of methoxy groups -OCH3 is 1. The molecule has 8 heteroatoms. The first-order valence-corrected chi connectivity index (χ1v) is 9.58. The average molecular weight is 379 g/mol. The van der Waals surface area contributed by atoms with E-state index in [1.807, 2.05) is 23.9 Å². The van der Waals surface area contributed by atoms with Crippen molar-refractivity contribution in [3.8, 4) is 0 Å². The monoisotopic (exact) mass is 378 g/mol. The summed E-state index contributed by atoms with van der Waals surface area (Å²) < 4.78 is 6.81. The largest absolute Gasteiger partial charge is 0.465 e. The second-order valence-electron chi connectivity index (χ2n) is 6.18. The van der Waals surface area contributed by atoms with Gasteiger partial charge in [-0.15, -0.1) is 11.3 Å². The molecule has 1 aliphatic carbocycles. The lowest BCUT2D eigenvalue weighted by atomic mass is 9.88. The van der Waals surface area contributed by atoms with Gasteiger partial charge in [0, 0.05) is 23.7 Å². The Balaban J connectivity index is 1.81. The molecule has 1 aliphatic rings. The summed E-state index contributed by atoms with van der Waals surface area (Å²) in [6.45, 7) is 5.06. The molecule has 0 aliphatic heterocycles. The summed E-state index contributed by atoms with van der Waals surface area (Å²) in [5, 5.41) is 11.7. The molecule has 2 N–H and O–H groups in total. The van der Waals surface area contributed by atoms with E-state index in [1.165, 1.54) is 12.0 Å². The highest BCUT2D eigenvalue weighted by atomic mass is 32.1. The normalized spacial score (nSPS) is 16.2. The molecule has 0 amide bonds. The van der Waals surface area contributed by atoms with Gasteiger partial charge in [-0.05, 0) is 49.9 Å². The van der Waals surface area contributed by atoms with Gasteiger partial charge in [0.25, 0.3) is 0 Å². The number of carbonyl (C=O) groups excluding carboxylic acids is 1. The van der Waals surface area contributed by atoms with E-state index in [1.54, 1.807) is 11.3 Å². The first-order chi connectivity index (χ1) is 12.0. The van der Waals surface area contributed by atoms with E-state index in [-0.39, 0.29) is 5.97 Å². The predicted molar refractivity (Wildman–Crippen MR) is 105 cm³/mol. The van der Waals surface area contributed by atoms with Crippen molar-refractivity contribution in [1.82, 2.24) is 9.78 Å². The van der Waals surface area contributed by atoms with Gasteiger partial charge in [0.2, 0.25) is 0 Å². The fourth-order valence-corrected chi connectivity index (χ4v) is 4.69. The molecule has 134 valence electrons. The van der Waals surface area contributed by atoms with Gasteiger partial charge in [0.15, 0.2) is 10.9 Å². The third-order valence-corrected chi connectivity index (χ3v) is 5.71. The first kappa shape index (κ1) is 17.9. The number of nitrogens with zero attached hydrogens (tertiary/aromatic N) is 2. The molecule has 2 heterocycles. The van der Waals surface area contributed by atoms with E-state index in [0.717, 1.165) is 36.4 Å². The van der Waals surface area contributed by atoms with Gasteiger partial charge in [-0.25, -0.2) is 4.79 Å². The number of carbonyl (C=O) groups is 1. The van der Waals surface area contributed by atoms with Crippen molar-refractivity contribution >= 4 is 45.5 Å². The summed E-state index contributed by atoms with van der Waals surface area (Å²) >= 11 is 6.99. The number of anilines is 2. The lowest BCUT2D eigenvalue weighted by molar-refractivity contribution is 0.0601. The van der Waals surface area contributed by atoms with Crippen LogP contribution in [0.4, 0.5) is 10.8 Å². The number of fused-ring (bicyclic) bond motifs is 1. The molecule has 0 spiro atoms. The third kappa shape index (κ3) is 3.85. The van der Waals surface area contributed by atoms with Crippen molar-refractivity contribution in [2.75, 3.05) is 17.7 Å². The quantitative estimate of drug-likeness (QED) is 0.625. The number of esters is 1. The number of nitrogens with one attached hydrogen (secondary N) is 2. The van der Waals surface area contributed by atoms with Crippen LogP contribution in [0.15, 0.2) is 12.3 Å². The van der Waals surface area contributed by atoms with Crippen LogP contribution in [0.1, 0.15) is 41.1 Å². The molecule has 1 unspecified atom stereocenters. The minimum absolute atomic E-state index is 0.312. The van der Waals surface area contributed by atoms with Crippen LogP contribution in [0.3, 0.4) is 0 Å². The second kappa shape index (κ2) is 7.53. The molecule has 0 fully saturated rings. The lowest BCUT2D eigenvalue weighted by Gasteiger charge is -2.18. The van der Waals surface area contributed by atoms with Crippen LogP contribution < -0.4 is 10.6 Å². The molecule has 6 nitrogen and oxygen atoms in total. The average Bonchev–Trinajstić information content (AvgIpc) is 3.17. The molecule has 3 rings (SSSR count). The lowest BCUT2D eigenvalue weighted by Crippen LogP contribution is -2.21. The Morgan fingerprint density at radius 3 is 3.00 bits per heavy atom. The highest BCUT2D eigenvalue weighted by molar-refractivity contribution is 7.80. The van der Waals surface area contributed by atoms with E-state index in [0.29, 0.717) is 22.4 Å². The van der Waals surface area contributed by atoms with Crippen molar-refractivity contribution in [1.29, 1.82) is 0 Å². The van der Waals surface area contributed by atoms with Crippen LogP contribution in [0.2, 0.25) is 0 Å². The molecule has 0 bridgehead atoms. The Labute approximate surface area is 156 Å². The molecule has 2 aromatic rings. The van der Waals surface area contributed by atoms with E-state index in [4.69, 9.17) is 17.0 Å². The fraction of sp³-hybridized carbons (Fsp3) is 0.471. The summed E-state index contributed by atoms with van der Waals surface area (Å²) in [4.78, 5) is 13.5. The Bertz CT molecular complexity index is 797. The minimum atomic E-state index is -0.312. The predicted octanol–water partition coefficient (Wildman–Crippen LogP) is 3.68. The van der Waals surface area contributed by atoms with Gasteiger partial charge in [-0.2, -0.15) is 5.10 Å². The van der Waals surface area contributed by atoms with Gasteiger partial charge < -0.3 is 15.4 Å². The first-order valence-electron chi connectivity index (χ1n) is 8.36. The maximum Gasteiger partial charge on any atom is 0.341 e. The Kier molecular flexibility index (Phi) is 5.39. The number of thiophene rings is 1.